The molecule has 2 heterocycles. The van der Waals surface area contributed by atoms with E-state index in [1.165, 1.54) is 37.8 Å². The number of halogens is 3. The summed E-state index contributed by atoms with van der Waals surface area (Å²) in [5.74, 6) is -1.53. The fourth-order valence-electron chi connectivity index (χ4n) is 2.69. The van der Waals surface area contributed by atoms with Crippen molar-refractivity contribution in [3.63, 3.8) is 0 Å². The molecular weight excluding hydrogens is 391 g/mol. The van der Waals surface area contributed by atoms with E-state index in [4.69, 9.17) is 0 Å². The SMILES string of the molecule is Cn1ccnc1C(O)(CC(=O)Nc1cnc(-c2cccc(O)c2)nc1)C(F)(F)F. The summed E-state index contributed by atoms with van der Waals surface area (Å²) < 4.78 is 41.5. The van der Waals surface area contributed by atoms with E-state index < -0.39 is 29.9 Å². The van der Waals surface area contributed by atoms with E-state index in [1.54, 1.807) is 12.1 Å². The molecule has 3 rings (SSSR count). The molecule has 11 heteroatoms. The first kappa shape index (κ1) is 20.3. The van der Waals surface area contributed by atoms with Gasteiger partial charge in [0, 0.05) is 25.0 Å². The molecule has 3 aromatic rings. The maximum atomic E-state index is 13.5. The highest BCUT2D eigenvalue weighted by Crippen LogP contribution is 2.40. The van der Waals surface area contributed by atoms with Gasteiger partial charge in [-0.25, -0.2) is 15.0 Å². The fourth-order valence-corrected chi connectivity index (χ4v) is 2.69. The van der Waals surface area contributed by atoms with E-state index >= 15 is 0 Å². The van der Waals surface area contributed by atoms with Crippen molar-refractivity contribution in [1.82, 2.24) is 19.5 Å². The smallest absolute Gasteiger partial charge is 0.425 e. The molecule has 0 radical (unpaired) electrons. The van der Waals surface area contributed by atoms with Gasteiger partial charge < -0.3 is 20.1 Å². The minimum atomic E-state index is -5.13. The van der Waals surface area contributed by atoms with Gasteiger partial charge in [0.15, 0.2) is 11.6 Å². The minimum Gasteiger partial charge on any atom is -0.508 e. The number of nitrogens with zero attached hydrogens (tertiary/aromatic N) is 4. The zero-order valence-corrected chi connectivity index (χ0v) is 15.1. The van der Waals surface area contributed by atoms with Crippen LogP contribution in [0.2, 0.25) is 0 Å². The summed E-state index contributed by atoms with van der Waals surface area (Å²) in [7, 11) is 1.28. The monoisotopic (exact) mass is 407 g/mol. The standard InChI is InChI=1S/C18H16F3N5O3/c1-26-6-5-22-16(26)17(29,18(19,20)21)8-14(28)25-12-9-23-15(24-10-12)11-3-2-4-13(27)7-11/h2-7,9-10,27,29H,8H2,1H3,(H,25,28). The maximum absolute atomic E-state index is 13.5. The first-order chi connectivity index (χ1) is 13.6. The second kappa shape index (κ2) is 7.51. The van der Waals surface area contributed by atoms with E-state index in [2.05, 4.69) is 20.3 Å². The number of carbonyl (C=O) groups excluding carboxylic acids is 1. The number of alkyl halides is 3. The average molecular weight is 407 g/mol. The summed E-state index contributed by atoms with van der Waals surface area (Å²) in [5, 5.41) is 21.9. The lowest BCUT2D eigenvalue weighted by Crippen LogP contribution is -2.46. The third kappa shape index (κ3) is 4.19. The van der Waals surface area contributed by atoms with Crippen molar-refractivity contribution in [3.8, 4) is 17.1 Å². The van der Waals surface area contributed by atoms with Crippen molar-refractivity contribution in [2.45, 2.75) is 18.2 Å². The molecule has 0 aliphatic carbocycles. The van der Waals surface area contributed by atoms with Crippen LogP contribution in [0.4, 0.5) is 18.9 Å². The number of phenolic OH excluding ortho intramolecular Hbond substituents is 1. The van der Waals surface area contributed by atoms with Gasteiger partial charge in [0.25, 0.3) is 0 Å². The second-order valence-electron chi connectivity index (χ2n) is 6.29. The minimum absolute atomic E-state index is 0.0178. The number of aliphatic hydroxyl groups is 1. The Morgan fingerprint density at radius 1 is 1.21 bits per heavy atom. The predicted octanol–water partition coefficient (Wildman–Crippen LogP) is 2.36. The lowest BCUT2D eigenvalue weighted by atomic mass is 9.97. The number of aromatic hydroxyl groups is 1. The topological polar surface area (TPSA) is 113 Å². The van der Waals surface area contributed by atoms with E-state index in [0.717, 1.165) is 10.8 Å². The Bertz CT molecular complexity index is 1020. The summed E-state index contributed by atoms with van der Waals surface area (Å²) in [5.41, 5.74) is -2.90. The van der Waals surface area contributed by atoms with E-state index in [9.17, 15) is 28.2 Å². The predicted molar refractivity (Wildman–Crippen MR) is 95.5 cm³/mol. The molecule has 2 aromatic heterocycles. The van der Waals surface area contributed by atoms with Crippen LogP contribution in [-0.2, 0) is 17.4 Å². The molecule has 0 aliphatic rings. The quantitative estimate of drug-likeness (QED) is 0.599. The zero-order chi connectivity index (χ0) is 21.2. The van der Waals surface area contributed by atoms with Gasteiger partial charge in [-0.1, -0.05) is 12.1 Å². The molecule has 1 atom stereocenters. The van der Waals surface area contributed by atoms with Crippen LogP contribution in [0.25, 0.3) is 11.4 Å². The summed E-state index contributed by atoms with van der Waals surface area (Å²) in [6.07, 6.45) is -1.68. The second-order valence-corrected chi connectivity index (χ2v) is 6.29. The van der Waals surface area contributed by atoms with Gasteiger partial charge in [-0.2, -0.15) is 13.2 Å². The average Bonchev–Trinajstić information content (AvgIpc) is 3.08. The van der Waals surface area contributed by atoms with Crippen molar-refractivity contribution in [2.24, 2.45) is 7.05 Å². The molecule has 3 N–H and O–H groups in total. The van der Waals surface area contributed by atoms with Crippen molar-refractivity contribution in [2.75, 3.05) is 5.32 Å². The Balaban J connectivity index is 1.76. The van der Waals surface area contributed by atoms with Crippen LogP contribution >= 0.6 is 0 Å². The van der Waals surface area contributed by atoms with Crippen LogP contribution in [0.1, 0.15) is 12.2 Å². The van der Waals surface area contributed by atoms with Crippen molar-refractivity contribution in [3.05, 3.63) is 54.9 Å². The van der Waals surface area contributed by atoms with Crippen molar-refractivity contribution in [1.29, 1.82) is 0 Å². The Labute approximate surface area is 162 Å². The van der Waals surface area contributed by atoms with Crippen LogP contribution in [0.5, 0.6) is 5.75 Å². The lowest BCUT2D eigenvalue weighted by Gasteiger charge is -2.29. The summed E-state index contributed by atoms with van der Waals surface area (Å²) in [6.45, 7) is 0. The number of aromatic nitrogens is 4. The van der Waals surface area contributed by atoms with Crippen molar-refractivity contribution < 1.29 is 28.2 Å². The fraction of sp³-hybridized carbons (Fsp3) is 0.222. The van der Waals surface area contributed by atoms with Crippen molar-refractivity contribution >= 4 is 11.6 Å². The molecule has 0 fully saturated rings. The van der Waals surface area contributed by atoms with Gasteiger partial charge in [-0.15, -0.1) is 0 Å². The maximum Gasteiger partial charge on any atom is 0.425 e. The summed E-state index contributed by atoms with van der Waals surface area (Å²) in [4.78, 5) is 23.7. The number of carbonyl (C=O) groups is 1. The molecule has 0 aliphatic heterocycles. The van der Waals surface area contributed by atoms with Gasteiger partial charge >= 0.3 is 6.18 Å². The molecule has 1 amide bonds. The first-order valence-electron chi connectivity index (χ1n) is 8.28. The Hall–Kier alpha value is -3.47. The van der Waals surface area contributed by atoms with Gasteiger partial charge in [0.2, 0.25) is 11.5 Å². The summed E-state index contributed by atoms with van der Waals surface area (Å²) in [6, 6.07) is 6.16. The van der Waals surface area contributed by atoms with Gasteiger partial charge in [-0.3, -0.25) is 4.79 Å². The molecule has 152 valence electrons. The number of anilines is 1. The van der Waals surface area contributed by atoms with E-state index in [1.807, 2.05) is 0 Å². The first-order valence-corrected chi connectivity index (χ1v) is 8.28. The number of nitrogens with one attached hydrogen (secondary N) is 1. The molecule has 0 saturated heterocycles. The Morgan fingerprint density at radius 2 is 1.90 bits per heavy atom. The van der Waals surface area contributed by atoms with E-state index in [-0.39, 0.29) is 17.3 Å². The molecule has 0 spiro atoms. The molecule has 1 unspecified atom stereocenters. The molecule has 0 saturated carbocycles. The Kier molecular flexibility index (Phi) is 5.25. The normalized spacial score (nSPS) is 13.7. The largest absolute Gasteiger partial charge is 0.508 e. The van der Waals surface area contributed by atoms with Crippen LogP contribution in [-0.4, -0.2) is 41.8 Å². The highest BCUT2D eigenvalue weighted by atomic mass is 19.4. The van der Waals surface area contributed by atoms with Gasteiger partial charge in [-0.05, 0) is 12.1 Å². The molecular formula is C18H16F3N5O3. The number of aryl methyl sites for hydroxylation is 1. The number of hydrogen-bond donors (Lipinski definition) is 3. The zero-order valence-electron chi connectivity index (χ0n) is 15.1. The van der Waals surface area contributed by atoms with Gasteiger partial charge in [0.1, 0.15) is 5.75 Å². The number of imidazole rings is 1. The molecule has 1 aromatic carbocycles. The number of hydrogen-bond acceptors (Lipinski definition) is 6. The third-order valence-corrected chi connectivity index (χ3v) is 4.12. The third-order valence-electron chi connectivity index (χ3n) is 4.12. The van der Waals surface area contributed by atoms with Crippen LogP contribution in [0, 0.1) is 0 Å². The lowest BCUT2D eigenvalue weighted by molar-refractivity contribution is -0.270. The number of rotatable bonds is 5. The van der Waals surface area contributed by atoms with Crippen LogP contribution < -0.4 is 5.32 Å². The van der Waals surface area contributed by atoms with Crippen LogP contribution in [0.3, 0.4) is 0 Å². The van der Waals surface area contributed by atoms with Gasteiger partial charge in [0.05, 0.1) is 24.5 Å². The highest BCUT2D eigenvalue weighted by molar-refractivity contribution is 5.91. The Morgan fingerprint density at radius 3 is 2.45 bits per heavy atom. The summed E-state index contributed by atoms with van der Waals surface area (Å²) >= 11 is 0. The van der Waals surface area contributed by atoms with Crippen LogP contribution in [0.15, 0.2) is 49.1 Å². The molecule has 8 nitrogen and oxygen atoms in total. The molecule has 0 bridgehead atoms. The number of benzene rings is 1. The highest BCUT2D eigenvalue weighted by Gasteiger charge is 2.58. The van der Waals surface area contributed by atoms with E-state index in [0.29, 0.717) is 5.56 Å². The molecule has 29 heavy (non-hydrogen) atoms. The number of phenols is 1. The number of amides is 1.